The Kier molecular flexibility index (Phi) is 6.09. The second-order valence-electron chi connectivity index (χ2n) is 7.04. The summed E-state index contributed by atoms with van der Waals surface area (Å²) < 4.78 is 25.9. The molecule has 1 amide bonds. The number of ether oxygens (including phenoxy) is 2. The second kappa shape index (κ2) is 8.94. The Balaban J connectivity index is 1.67. The van der Waals surface area contributed by atoms with Crippen molar-refractivity contribution in [3.8, 4) is 11.5 Å². The van der Waals surface area contributed by atoms with Gasteiger partial charge in [0.2, 0.25) is 0 Å². The van der Waals surface area contributed by atoms with Crippen LogP contribution in [0.15, 0.2) is 65.1 Å². The molecular weight excluding hydrogens is 461 g/mol. The van der Waals surface area contributed by atoms with E-state index < -0.39 is 0 Å². The van der Waals surface area contributed by atoms with Gasteiger partial charge in [0.1, 0.15) is 12.4 Å². The van der Waals surface area contributed by atoms with Crippen molar-refractivity contribution in [3.63, 3.8) is 0 Å². The average Bonchev–Trinajstić information content (AvgIpc) is 3.04. The van der Waals surface area contributed by atoms with E-state index in [1.54, 1.807) is 36.3 Å². The zero-order valence-electron chi connectivity index (χ0n) is 17.2. The number of likely N-dealkylation sites (N-methyl/N-ethyl adjacent to an activating group) is 1. The number of rotatable bonds is 6. The predicted molar refractivity (Wildman–Crippen MR) is 124 cm³/mol. The van der Waals surface area contributed by atoms with E-state index >= 15 is 0 Å². The van der Waals surface area contributed by atoms with Crippen LogP contribution in [0.25, 0.3) is 11.6 Å². The molecule has 0 spiro atoms. The molecule has 4 rings (SSSR count). The van der Waals surface area contributed by atoms with Crippen molar-refractivity contribution in [1.82, 2.24) is 0 Å². The Morgan fingerprint density at radius 3 is 2.58 bits per heavy atom. The highest BCUT2D eigenvalue weighted by Gasteiger charge is 2.30. The minimum Gasteiger partial charge on any atom is -0.493 e. The molecule has 0 N–H and O–H groups in total. The molecule has 0 radical (unpaired) electrons. The lowest BCUT2D eigenvalue weighted by Gasteiger charge is -2.14. The molecule has 1 heterocycles. The fraction of sp³-hybridized carbons (Fsp3) is 0.160. The van der Waals surface area contributed by atoms with Crippen LogP contribution in [0.1, 0.15) is 23.6 Å². The Labute approximate surface area is 189 Å². The third-order valence-electron chi connectivity index (χ3n) is 5.17. The molecule has 31 heavy (non-hydrogen) atoms. The van der Waals surface area contributed by atoms with Gasteiger partial charge < -0.3 is 14.4 Å². The molecule has 0 unspecified atom stereocenters. The lowest BCUT2D eigenvalue weighted by atomic mass is 10.0. The fourth-order valence-corrected chi connectivity index (χ4v) is 4.23. The highest BCUT2D eigenvalue weighted by molar-refractivity contribution is 9.10. The molecule has 1 aliphatic rings. The zero-order chi connectivity index (χ0) is 22.0. The van der Waals surface area contributed by atoms with E-state index in [0.29, 0.717) is 33.7 Å². The first kappa shape index (κ1) is 21.1. The standard InChI is InChI=1S/C25H21BrFNO3/c1-3-28-22-11-7-5-9-18(22)19(25(28)29)12-16-13-20(26)24(23(14-16)30-2)31-15-17-8-4-6-10-21(17)27/h4-14H,3,15H2,1-2H3/b19-12-. The van der Waals surface area contributed by atoms with Gasteiger partial charge in [0.25, 0.3) is 5.91 Å². The van der Waals surface area contributed by atoms with Gasteiger partial charge in [-0.1, -0.05) is 36.4 Å². The first-order valence-corrected chi connectivity index (χ1v) is 10.7. The van der Waals surface area contributed by atoms with Crippen LogP contribution in [-0.2, 0) is 11.4 Å². The van der Waals surface area contributed by atoms with Crippen LogP contribution in [0.3, 0.4) is 0 Å². The summed E-state index contributed by atoms with van der Waals surface area (Å²) in [5.41, 5.74) is 3.70. The molecule has 0 fully saturated rings. The number of carbonyl (C=O) groups excluding carboxylic acids is 1. The largest absolute Gasteiger partial charge is 0.493 e. The first-order chi connectivity index (χ1) is 15.0. The van der Waals surface area contributed by atoms with Crippen molar-refractivity contribution in [2.75, 3.05) is 18.6 Å². The van der Waals surface area contributed by atoms with Crippen molar-refractivity contribution in [2.24, 2.45) is 0 Å². The number of hydrogen-bond acceptors (Lipinski definition) is 3. The van der Waals surface area contributed by atoms with Gasteiger partial charge in [-0.25, -0.2) is 4.39 Å². The Morgan fingerprint density at radius 2 is 1.84 bits per heavy atom. The summed E-state index contributed by atoms with van der Waals surface area (Å²) in [6, 6.07) is 17.9. The highest BCUT2D eigenvalue weighted by atomic mass is 79.9. The number of anilines is 1. The van der Waals surface area contributed by atoms with Gasteiger partial charge >= 0.3 is 0 Å². The SMILES string of the molecule is CCN1C(=O)/C(=C\c2cc(Br)c(OCc3ccccc3F)c(OC)c2)c2ccccc21. The van der Waals surface area contributed by atoms with Crippen LogP contribution in [0.2, 0.25) is 0 Å². The first-order valence-electron chi connectivity index (χ1n) is 9.90. The molecule has 0 atom stereocenters. The summed E-state index contributed by atoms with van der Waals surface area (Å²) in [4.78, 5) is 14.7. The van der Waals surface area contributed by atoms with E-state index in [9.17, 15) is 9.18 Å². The Morgan fingerprint density at radius 1 is 1.10 bits per heavy atom. The predicted octanol–water partition coefficient (Wildman–Crippen LogP) is 6.08. The summed E-state index contributed by atoms with van der Waals surface area (Å²) in [7, 11) is 1.55. The number of halogens is 2. The van der Waals surface area contributed by atoms with Crippen molar-refractivity contribution in [3.05, 3.63) is 87.6 Å². The smallest absolute Gasteiger partial charge is 0.258 e. The molecule has 0 aromatic heterocycles. The van der Waals surface area contributed by atoms with E-state index in [1.807, 2.05) is 43.3 Å². The van der Waals surface area contributed by atoms with Crippen LogP contribution in [-0.4, -0.2) is 19.6 Å². The quantitative estimate of drug-likeness (QED) is 0.400. The van der Waals surface area contributed by atoms with Gasteiger partial charge in [-0.15, -0.1) is 0 Å². The number of amides is 1. The number of carbonyl (C=O) groups is 1. The molecule has 0 saturated heterocycles. The zero-order valence-corrected chi connectivity index (χ0v) is 18.8. The topological polar surface area (TPSA) is 38.8 Å². The van der Waals surface area contributed by atoms with E-state index in [-0.39, 0.29) is 18.3 Å². The van der Waals surface area contributed by atoms with Crippen LogP contribution < -0.4 is 14.4 Å². The molecule has 0 aliphatic carbocycles. The van der Waals surface area contributed by atoms with Crippen LogP contribution >= 0.6 is 15.9 Å². The van der Waals surface area contributed by atoms with Crippen LogP contribution in [0.4, 0.5) is 10.1 Å². The summed E-state index contributed by atoms with van der Waals surface area (Å²) in [6.07, 6.45) is 1.85. The molecule has 0 saturated carbocycles. The number of hydrogen-bond donors (Lipinski definition) is 0. The Bertz CT molecular complexity index is 1180. The van der Waals surface area contributed by atoms with E-state index in [4.69, 9.17) is 9.47 Å². The Hall–Kier alpha value is -3.12. The summed E-state index contributed by atoms with van der Waals surface area (Å²) in [6.45, 7) is 2.63. The lowest BCUT2D eigenvalue weighted by molar-refractivity contribution is -0.112. The number of benzene rings is 3. The van der Waals surface area contributed by atoms with E-state index in [2.05, 4.69) is 15.9 Å². The van der Waals surface area contributed by atoms with Gasteiger partial charge in [0.15, 0.2) is 11.5 Å². The van der Waals surface area contributed by atoms with Gasteiger partial charge in [-0.3, -0.25) is 4.79 Å². The maximum absolute atomic E-state index is 13.9. The molecule has 1 aliphatic heterocycles. The second-order valence-corrected chi connectivity index (χ2v) is 7.89. The molecule has 3 aromatic rings. The number of fused-ring (bicyclic) bond motifs is 1. The van der Waals surface area contributed by atoms with Crippen molar-refractivity contribution in [1.29, 1.82) is 0 Å². The van der Waals surface area contributed by atoms with Crippen molar-refractivity contribution in [2.45, 2.75) is 13.5 Å². The van der Waals surface area contributed by atoms with Gasteiger partial charge in [-0.05, 0) is 58.8 Å². The maximum Gasteiger partial charge on any atom is 0.258 e. The van der Waals surface area contributed by atoms with Gasteiger partial charge in [-0.2, -0.15) is 0 Å². The fourth-order valence-electron chi connectivity index (χ4n) is 3.66. The minimum absolute atomic E-state index is 0.0290. The molecule has 0 bridgehead atoms. The van der Waals surface area contributed by atoms with E-state index in [1.165, 1.54) is 6.07 Å². The third kappa shape index (κ3) is 4.08. The molecular formula is C25H21BrFNO3. The molecule has 158 valence electrons. The molecule has 3 aromatic carbocycles. The summed E-state index contributed by atoms with van der Waals surface area (Å²) in [5.74, 6) is 0.612. The van der Waals surface area contributed by atoms with Crippen LogP contribution in [0, 0.1) is 5.82 Å². The molecule has 6 heteroatoms. The number of nitrogens with zero attached hydrogens (tertiary/aromatic N) is 1. The normalized spacial score (nSPS) is 14.1. The van der Waals surface area contributed by atoms with Gasteiger partial charge in [0, 0.05) is 23.2 Å². The average molecular weight is 482 g/mol. The van der Waals surface area contributed by atoms with Crippen molar-refractivity contribution >= 4 is 39.2 Å². The summed E-state index contributed by atoms with van der Waals surface area (Å²) >= 11 is 3.53. The number of methoxy groups -OCH3 is 1. The lowest BCUT2D eigenvalue weighted by Crippen LogP contribution is -2.25. The highest BCUT2D eigenvalue weighted by Crippen LogP contribution is 2.41. The third-order valence-corrected chi connectivity index (χ3v) is 5.76. The summed E-state index contributed by atoms with van der Waals surface area (Å²) in [5, 5.41) is 0. The van der Waals surface area contributed by atoms with Gasteiger partial charge in [0.05, 0.1) is 17.3 Å². The minimum atomic E-state index is -0.321. The monoisotopic (exact) mass is 481 g/mol. The van der Waals surface area contributed by atoms with Crippen LogP contribution in [0.5, 0.6) is 11.5 Å². The van der Waals surface area contributed by atoms with E-state index in [0.717, 1.165) is 16.8 Å². The maximum atomic E-state index is 13.9. The van der Waals surface area contributed by atoms with Crippen molar-refractivity contribution < 1.29 is 18.7 Å². The number of para-hydroxylation sites is 1. The molecule has 4 nitrogen and oxygen atoms in total.